The second kappa shape index (κ2) is 5.26. The van der Waals surface area contributed by atoms with E-state index in [1.807, 2.05) is 0 Å². The van der Waals surface area contributed by atoms with Crippen LogP contribution < -0.4 is 10.5 Å². The summed E-state index contributed by atoms with van der Waals surface area (Å²) in [7, 11) is 0. The summed E-state index contributed by atoms with van der Waals surface area (Å²) in [5.74, 6) is -4.39. The molecule has 0 fully saturated rings. The zero-order valence-electron chi connectivity index (χ0n) is 8.37. The van der Waals surface area contributed by atoms with Crippen molar-refractivity contribution in [1.82, 2.24) is 4.98 Å². The first kappa shape index (κ1) is 13.6. The minimum absolute atomic E-state index is 0.0208. The molecule has 0 saturated heterocycles. The van der Waals surface area contributed by atoms with Crippen LogP contribution in [0.2, 0.25) is 0 Å². The molecule has 1 aromatic rings. The summed E-state index contributed by atoms with van der Waals surface area (Å²) < 4.78 is 53.5. The largest absolute Gasteiger partial charge is 0.485 e. The van der Waals surface area contributed by atoms with Gasteiger partial charge in [-0.3, -0.25) is 0 Å². The first-order valence-electron chi connectivity index (χ1n) is 4.38. The van der Waals surface area contributed by atoms with Gasteiger partial charge in [0.1, 0.15) is 16.4 Å². The third-order valence-corrected chi connectivity index (χ3v) is 1.94. The summed E-state index contributed by atoms with van der Waals surface area (Å²) in [5, 5.41) is 0. The molecule has 3 nitrogen and oxygen atoms in total. The Bertz CT molecular complexity index is 414. The number of halogens is 4. The lowest BCUT2D eigenvalue weighted by molar-refractivity contribution is -0.148. The molecule has 8 heteroatoms. The summed E-state index contributed by atoms with van der Waals surface area (Å²) in [4.78, 5) is 3.53. The van der Waals surface area contributed by atoms with E-state index >= 15 is 0 Å². The molecule has 17 heavy (non-hydrogen) atoms. The quantitative estimate of drug-likeness (QED) is 0.655. The van der Waals surface area contributed by atoms with E-state index in [9.17, 15) is 17.6 Å². The Morgan fingerprint density at radius 2 is 2.18 bits per heavy atom. The van der Waals surface area contributed by atoms with Crippen LogP contribution in [0.25, 0.3) is 0 Å². The van der Waals surface area contributed by atoms with E-state index in [0.29, 0.717) is 0 Å². The zero-order chi connectivity index (χ0) is 13.1. The van der Waals surface area contributed by atoms with Crippen LogP contribution in [0.3, 0.4) is 0 Å². The first-order chi connectivity index (χ1) is 7.84. The fourth-order valence-electron chi connectivity index (χ4n) is 0.929. The standard InChI is InChI=1S/C9H8F4N2OS/c10-8(11)9(12,13)4-16-5-2-1-3-15-6(5)7(14)17/h1-3,8H,4H2,(H2,14,17). The van der Waals surface area contributed by atoms with Gasteiger partial charge < -0.3 is 10.5 Å². The maximum Gasteiger partial charge on any atom is 0.340 e. The van der Waals surface area contributed by atoms with Crippen LogP contribution in [-0.4, -0.2) is 28.9 Å². The second-order valence-electron chi connectivity index (χ2n) is 3.06. The molecule has 0 unspecified atom stereocenters. The summed E-state index contributed by atoms with van der Waals surface area (Å²) >= 11 is 4.61. The van der Waals surface area contributed by atoms with Crippen molar-refractivity contribution >= 4 is 17.2 Å². The van der Waals surface area contributed by atoms with Gasteiger partial charge >= 0.3 is 12.3 Å². The average molecular weight is 268 g/mol. The van der Waals surface area contributed by atoms with Crippen LogP contribution >= 0.6 is 12.2 Å². The fourth-order valence-corrected chi connectivity index (χ4v) is 1.08. The molecular weight excluding hydrogens is 260 g/mol. The summed E-state index contributed by atoms with van der Waals surface area (Å²) in [6.07, 6.45) is -2.47. The van der Waals surface area contributed by atoms with Crippen molar-refractivity contribution in [2.75, 3.05) is 6.61 Å². The van der Waals surface area contributed by atoms with Gasteiger partial charge in [-0.2, -0.15) is 8.78 Å². The maximum atomic E-state index is 12.6. The van der Waals surface area contributed by atoms with Gasteiger partial charge in [0.15, 0.2) is 6.61 Å². The van der Waals surface area contributed by atoms with Crippen molar-refractivity contribution in [1.29, 1.82) is 0 Å². The number of nitrogens with two attached hydrogens (primary N) is 1. The lowest BCUT2D eigenvalue weighted by atomic mass is 10.3. The highest BCUT2D eigenvalue weighted by molar-refractivity contribution is 7.80. The maximum absolute atomic E-state index is 12.6. The monoisotopic (exact) mass is 268 g/mol. The molecule has 2 N–H and O–H groups in total. The Balaban J connectivity index is 2.79. The molecule has 0 aliphatic carbocycles. The Morgan fingerprint density at radius 1 is 1.53 bits per heavy atom. The molecule has 0 aliphatic heterocycles. The van der Waals surface area contributed by atoms with E-state index in [0.717, 1.165) is 0 Å². The lowest BCUT2D eigenvalue weighted by Crippen LogP contribution is -2.34. The highest BCUT2D eigenvalue weighted by Gasteiger charge is 2.41. The molecule has 1 rings (SSSR count). The first-order valence-corrected chi connectivity index (χ1v) is 4.79. The van der Waals surface area contributed by atoms with Gasteiger partial charge in [-0.25, -0.2) is 13.8 Å². The molecule has 1 aromatic heterocycles. The third kappa shape index (κ3) is 3.52. The zero-order valence-corrected chi connectivity index (χ0v) is 9.19. The van der Waals surface area contributed by atoms with Crippen LogP contribution in [0.4, 0.5) is 17.6 Å². The van der Waals surface area contributed by atoms with Gasteiger partial charge in [0, 0.05) is 6.20 Å². The molecule has 0 saturated carbocycles. The molecule has 0 spiro atoms. The molecule has 0 bridgehead atoms. The van der Waals surface area contributed by atoms with Crippen molar-refractivity contribution < 1.29 is 22.3 Å². The van der Waals surface area contributed by atoms with Crippen LogP contribution in [0.15, 0.2) is 18.3 Å². The predicted molar refractivity (Wildman–Crippen MR) is 56.6 cm³/mol. The lowest BCUT2D eigenvalue weighted by Gasteiger charge is -2.16. The molecular formula is C9H8F4N2OS. The SMILES string of the molecule is NC(=S)c1ncccc1OCC(F)(F)C(F)F. The molecule has 0 amide bonds. The van der Waals surface area contributed by atoms with Gasteiger partial charge in [-0.15, -0.1) is 0 Å². The van der Waals surface area contributed by atoms with Crippen molar-refractivity contribution in [3.63, 3.8) is 0 Å². The molecule has 0 aliphatic rings. The van der Waals surface area contributed by atoms with Crippen LogP contribution in [-0.2, 0) is 0 Å². The Labute approximate surface area is 99.6 Å². The van der Waals surface area contributed by atoms with E-state index in [-0.39, 0.29) is 16.4 Å². The number of hydrogen-bond acceptors (Lipinski definition) is 3. The van der Waals surface area contributed by atoms with E-state index in [4.69, 9.17) is 5.73 Å². The number of alkyl halides is 4. The van der Waals surface area contributed by atoms with Gasteiger partial charge in [0.25, 0.3) is 0 Å². The minimum Gasteiger partial charge on any atom is -0.485 e. The van der Waals surface area contributed by atoms with Gasteiger partial charge in [-0.1, -0.05) is 12.2 Å². The van der Waals surface area contributed by atoms with Crippen LogP contribution in [0.5, 0.6) is 5.75 Å². The number of pyridine rings is 1. The number of rotatable bonds is 5. The number of nitrogens with zero attached hydrogens (tertiary/aromatic N) is 1. The second-order valence-corrected chi connectivity index (χ2v) is 3.50. The average Bonchev–Trinajstić information content (AvgIpc) is 2.26. The highest BCUT2D eigenvalue weighted by Crippen LogP contribution is 2.25. The van der Waals surface area contributed by atoms with E-state index in [2.05, 4.69) is 21.9 Å². The van der Waals surface area contributed by atoms with E-state index in [1.165, 1.54) is 18.3 Å². The van der Waals surface area contributed by atoms with E-state index in [1.54, 1.807) is 0 Å². The third-order valence-electron chi connectivity index (χ3n) is 1.74. The van der Waals surface area contributed by atoms with E-state index < -0.39 is 19.0 Å². The Hall–Kier alpha value is -1.44. The van der Waals surface area contributed by atoms with Crippen molar-refractivity contribution in [2.45, 2.75) is 12.3 Å². The molecule has 1 heterocycles. The smallest absolute Gasteiger partial charge is 0.340 e. The predicted octanol–water partition coefficient (Wildman–Crippen LogP) is 1.99. The van der Waals surface area contributed by atoms with Crippen molar-refractivity contribution in [2.24, 2.45) is 5.73 Å². The minimum atomic E-state index is -4.23. The normalized spacial score (nSPS) is 11.6. The number of ether oxygens (including phenoxy) is 1. The van der Waals surface area contributed by atoms with Gasteiger partial charge in [0.05, 0.1) is 0 Å². The van der Waals surface area contributed by atoms with Crippen molar-refractivity contribution in [3.05, 3.63) is 24.0 Å². The van der Waals surface area contributed by atoms with Crippen LogP contribution in [0.1, 0.15) is 5.69 Å². The Kier molecular flexibility index (Phi) is 4.22. The van der Waals surface area contributed by atoms with Gasteiger partial charge in [0.2, 0.25) is 0 Å². The number of thiocarbonyl (C=S) groups is 1. The topological polar surface area (TPSA) is 48.1 Å². The molecule has 0 aromatic carbocycles. The van der Waals surface area contributed by atoms with Crippen LogP contribution in [0, 0.1) is 0 Å². The highest BCUT2D eigenvalue weighted by atomic mass is 32.1. The Morgan fingerprint density at radius 3 is 2.71 bits per heavy atom. The van der Waals surface area contributed by atoms with Crippen molar-refractivity contribution in [3.8, 4) is 5.75 Å². The number of aromatic nitrogens is 1. The summed E-state index contributed by atoms with van der Waals surface area (Å²) in [6.45, 7) is -1.47. The summed E-state index contributed by atoms with van der Waals surface area (Å²) in [5.41, 5.74) is 5.25. The molecule has 0 atom stereocenters. The van der Waals surface area contributed by atoms with Gasteiger partial charge in [-0.05, 0) is 12.1 Å². The molecule has 94 valence electrons. The molecule has 0 radical (unpaired) electrons. The number of hydrogen-bond donors (Lipinski definition) is 1. The fraction of sp³-hybridized carbons (Fsp3) is 0.333. The summed E-state index contributed by atoms with van der Waals surface area (Å²) in [6, 6.07) is 2.65.